The Hall–Kier alpha value is -2.40. The first-order valence-corrected chi connectivity index (χ1v) is 13.7. The van der Waals surface area contributed by atoms with E-state index in [0.717, 1.165) is 24.8 Å². The highest BCUT2D eigenvalue weighted by molar-refractivity contribution is 7.98. The third-order valence-electron chi connectivity index (χ3n) is 6.05. The van der Waals surface area contributed by atoms with E-state index in [9.17, 15) is 4.39 Å². The van der Waals surface area contributed by atoms with E-state index < -0.39 is 12.3 Å². The maximum absolute atomic E-state index is 12.3. The first-order valence-electron chi connectivity index (χ1n) is 12.3. The molecule has 1 aliphatic rings. The minimum atomic E-state index is -1.33. The van der Waals surface area contributed by atoms with Crippen LogP contribution in [-0.4, -0.2) is 74.3 Å². The molecule has 7 N–H and O–H groups in total. The Labute approximate surface area is 218 Å². The van der Waals surface area contributed by atoms with E-state index in [1.54, 1.807) is 6.20 Å². The molecule has 2 atom stereocenters. The number of nitrogens with one attached hydrogen (secondary N) is 2. The molecule has 2 aromatic rings. The number of aliphatic hydroxyl groups is 1. The van der Waals surface area contributed by atoms with E-state index in [4.69, 9.17) is 16.6 Å². The van der Waals surface area contributed by atoms with Gasteiger partial charge in [-0.05, 0) is 60.7 Å². The summed E-state index contributed by atoms with van der Waals surface area (Å²) >= 11 is 1.93. The van der Waals surface area contributed by atoms with Crippen molar-refractivity contribution in [3.05, 3.63) is 42.0 Å². The molecule has 0 radical (unpaired) electrons. The van der Waals surface area contributed by atoms with Gasteiger partial charge in [-0.15, -0.1) is 0 Å². The first kappa shape index (κ1) is 29.8. The second kappa shape index (κ2) is 15.0. The second-order valence-electron chi connectivity index (χ2n) is 9.17. The summed E-state index contributed by atoms with van der Waals surface area (Å²) in [6, 6.07) is 6.66. The lowest BCUT2D eigenvalue weighted by molar-refractivity contribution is 0.0773. The van der Waals surface area contributed by atoms with Crippen molar-refractivity contribution < 1.29 is 9.50 Å². The van der Waals surface area contributed by atoms with Gasteiger partial charge in [-0.1, -0.05) is 19.9 Å². The molecule has 0 saturated carbocycles. The number of nitrogens with zero attached hydrogens (tertiary/aromatic N) is 3. The van der Waals surface area contributed by atoms with Crippen molar-refractivity contribution in [2.75, 3.05) is 55.5 Å². The summed E-state index contributed by atoms with van der Waals surface area (Å²) in [6.45, 7) is 10.5. The molecule has 1 fully saturated rings. The summed E-state index contributed by atoms with van der Waals surface area (Å²) in [4.78, 5) is 11.1. The zero-order valence-electron chi connectivity index (χ0n) is 21.9. The Bertz CT molecular complexity index is 998. The third-order valence-corrected chi connectivity index (χ3v) is 6.85. The summed E-state index contributed by atoms with van der Waals surface area (Å²) in [5, 5.41) is 17.5. The van der Waals surface area contributed by atoms with Crippen LogP contribution in [0.2, 0.25) is 0 Å². The van der Waals surface area contributed by atoms with E-state index >= 15 is 0 Å². The number of benzene rings is 1. The van der Waals surface area contributed by atoms with Gasteiger partial charge in [0.05, 0.1) is 6.10 Å². The normalized spacial score (nSPS) is 15.7. The highest BCUT2D eigenvalue weighted by Crippen LogP contribution is 2.37. The highest BCUT2D eigenvalue weighted by atomic mass is 32.2. The molecule has 1 aliphatic heterocycles. The van der Waals surface area contributed by atoms with Gasteiger partial charge in [-0.2, -0.15) is 11.8 Å². The van der Waals surface area contributed by atoms with Crippen LogP contribution >= 0.6 is 11.8 Å². The summed E-state index contributed by atoms with van der Waals surface area (Å²) in [5.74, 6) is 3.90. The molecule has 2 heterocycles. The molecule has 1 aromatic carbocycles. The van der Waals surface area contributed by atoms with Gasteiger partial charge in [0.15, 0.2) is 0 Å². The average Bonchev–Trinajstić information content (AvgIpc) is 2.85. The van der Waals surface area contributed by atoms with E-state index in [2.05, 4.69) is 70.5 Å². The van der Waals surface area contributed by atoms with Gasteiger partial charge < -0.3 is 32.1 Å². The van der Waals surface area contributed by atoms with Crippen molar-refractivity contribution in [1.82, 2.24) is 10.3 Å². The molecule has 3 rings (SSSR count). The molecular weight excluding hydrogens is 477 g/mol. The number of halogens is 1. The van der Waals surface area contributed by atoms with Crippen molar-refractivity contribution in [3.63, 3.8) is 0 Å². The largest absolute Gasteiger partial charge is 0.391 e. The number of alkyl halides is 1. The summed E-state index contributed by atoms with van der Waals surface area (Å²) in [7, 11) is 1.83. The van der Waals surface area contributed by atoms with Crippen LogP contribution in [0.3, 0.4) is 0 Å². The number of aromatic nitrogens is 1. The number of thioether (sulfide) groups is 1. The Kier molecular flexibility index (Phi) is 12.4. The van der Waals surface area contributed by atoms with Crippen molar-refractivity contribution in [2.24, 2.45) is 22.4 Å². The monoisotopic (exact) mass is 519 g/mol. The van der Waals surface area contributed by atoms with Crippen LogP contribution in [0.1, 0.15) is 31.7 Å². The zero-order valence-corrected chi connectivity index (χ0v) is 22.7. The second-order valence-corrected chi connectivity index (χ2v) is 10.1. The molecule has 36 heavy (non-hydrogen) atoms. The van der Waals surface area contributed by atoms with Gasteiger partial charge in [-0.3, -0.25) is 0 Å². The number of aliphatic imine (C=N–C) groups is 1. The fraction of sp³-hybridized carbons (Fsp3) is 0.538. The topological polar surface area (TPSA) is 125 Å². The van der Waals surface area contributed by atoms with Crippen LogP contribution in [0.5, 0.6) is 0 Å². The molecular formula is C26H42FN7OS. The lowest BCUT2D eigenvalue weighted by atomic mass is 9.93. The predicted molar refractivity (Wildman–Crippen MR) is 154 cm³/mol. The average molecular weight is 520 g/mol. The minimum absolute atomic E-state index is 0.138. The highest BCUT2D eigenvalue weighted by Gasteiger charge is 2.28. The number of aliphatic hydroxyl groups excluding tert-OH is 1. The van der Waals surface area contributed by atoms with Gasteiger partial charge in [0.25, 0.3) is 0 Å². The molecule has 0 spiro atoms. The summed E-state index contributed by atoms with van der Waals surface area (Å²) in [6.07, 6.45) is 3.90. The van der Waals surface area contributed by atoms with E-state index in [-0.39, 0.29) is 13.0 Å². The molecule has 2 unspecified atom stereocenters. The quantitative estimate of drug-likeness (QED) is 0.271. The number of hydrogen-bond acceptors (Lipinski definition) is 9. The molecule has 10 heteroatoms. The van der Waals surface area contributed by atoms with E-state index in [0.29, 0.717) is 18.3 Å². The van der Waals surface area contributed by atoms with Crippen molar-refractivity contribution in [1.29, 1.82) is 0 Å². The molecule has 0 bridgehead atoms. The molecule has 1 aromatic heterocycles. The van der Waals surface area contributed by atoms with Crippen LogP contribution in [0.25, 0.3) is 10.8 Å². The maximum Gasteiger partial charge on any atom is 0.146 e. The standard InChI is InChI=1S/C21H29N5S.C5H13FN2O/c1-14(2)16-6-7-19(26-11-15(12-26)13-27-5)18-9-24-20(8-17(16)18)25-21(23-4)10-22-3;6-4(3-8)5(9)1-2-7/h6-10,14-15,22H,4,11-13H2,1-3,5H3,(H,24,25);4-5,9H,1-3,7-8H2/b21-10+;. The third kappa shape index (κ3) is 8.06. The Balaban J connectivity index is 0.000000434. The number of fused-ring (bicyclic) bond motifs is 1. The minimum Gasteiger partial charge on any atom is -0.391 e. The van der Waals surface area contributed by atoms with Gasteiger partial charge >= 0.3 is 0 Å². The zero-order chi connectivity index (χ0) is 26.7. The van der Waals surface area contributed by atoms with Crippen molar-refractivity contribution in [2.45, 2.75) is 38.5 Å². The lowest BCUT2D eigenvalue weighted by Gasteiger charge is -2.41. The smallest absolute Gasteiger partial charge is 0.146 e. The molecule has 200 valence electrons. The van der Waals surface area contributed by atoms with Crippen LogP contribution in [0.15, 0.2) is 41.4 Å². The first-order chi connectivity index (χ1) is 17.3. The summed E-state index contributed by atoms with van der Waals surface area (Å²) in [5.41, 5.74) is 12.6. The molecule has 8 nitrogen and oxygen atoms in total. The Morgan fingerprint density at radius 2 is 2.08 bits per heavy atom. The maximum atomic E-state index is 12.3. The lowest BCUT2D eigenvalue weighted by Crippen LogP contribution is -2.48. The van der Waals surface area contributed by atoms with Crippen molar-refractivity contribution in [3.8, 4) is 0 Å². The van der Waals surface area contributed by atoms with Gasteiger partial charge in [0.1, 0.15) is 17.8 Å². The van der Waals surface area contributed by atoms with Crippen LogP contribution in [0, 0.1) is 5.92 Å². The van der Waals surface area contributed by atoms with E-state index in [1.165, 1.54) is 27.8 Å². The number of nitrogens with two attached hydrogens (primary N) is 2. The van der Waals surface area contributed by atoms with Gasteiger partial charge in [0.2, 0.25) is 0 Å². The van der Waals surface area contributed by atoms with Crippen LogP contribution < -0.4 is 27.0 Å². The van der Waals surface area contributed by atoms with Crippen LogP contribution in [-0.2, 0) is 0 Å². The molecule has 0 amide bonds. The number of anilines is 2. The molecule has 1 saturated heterocycles. The number of rotatable bonds is 12. The summed E-state index contributed by atoms with van der Waals surface area (Å²) < 4.78 is 12.3. The van der Waals surface area contributed by atoms with Gasteiger partial charge in [0, 0.05) is 56.1 Å². The van der Waals surface area contributed by atoms with Crippen molar-refractivity contribution >= 4 is 40.8 Å². The Morgan fingerprint density at radius 1 is 1.36 bits per heavy atom. The fourth-order valence-electron chi connectivity index (χ4n) is 4.10. The molecule has 0 aliphatic carbocycles. The predicted octanol–water partition coefficient (Wildman–Crippen LogP) is 3.28. The number of pyridine rings is 1. The Morgan fingerprint density at radius 3 is 2.64 bits per heavy atom. The van der Waals surface area contributed by atoms with Gasteiger partial charge in [-0.25, -0.2) is 14.4 Å². The SMILES string of the molecule is C=N/C(=C\NC)Nc1cc2c(C(C)C)ccc(N3CC(CSC)C3)c2cn1.NCCC(O)C(F)CN. The van der Waals surface area contributed by atoms with Crippen LogP contribution in [0.4, 0.5) is 15.9 Å². The van der Waals surface area contributed by atoms with E-state index in [1.807, 2.05) is 25.0 Å². The fourth-order valence-corrected chi connectivity index (χ4v) is 4.78. The number of hydrogen-bond donors (Lipinski definition) is 5.